The molecule has 26 heavy (non-hydrogen) atoms. The van der Waals surface area contributed by atoms with Crippen LogP contribution in [0.5, 0.6) is 0 Å². The second kappa shape index (κ2) is 6.27. The number of carboxylic acids is 1. The molecule has 4 heteroatoms. The molecule has 0 heterocycles. The molecule has 1 amide bonds. The highest BCUT2D eigenvalue weighted by atomic mass is 16.4. The van der Waals surface area contributed by atoms with Crippen LogP contribution in [0.1, 0.15) is 47.9 Å². The molecule has 0 unspecified atom stereocenters. The van der Waals surface area contributed by atoms with Crippen molar-refractivity contribution < 1.29 is 14.7 Å². The second-order valence-electron chi connectivity index (χ2n) is 7.11. The van der Waals surface area contributed by atoms with E-state index < -0.39 is 17.8 Å². The van der Waals surface area contributed by atoms with Crippen molar-refractivity contribution in [2.24, 2.45) is 11.8 Å². The van der Waals surface area contributed by atoms with Gasteiger partial charge in [-0.05, 0) is 36.1 Å². The lowest BCUT2D eigenvalue weighted by atomic mass is 9.54. The van der Waals surface area contributed by atoms with E-state index in [9.17, 15) is 14.7 Å². The van der Waals surface area contributed by atoms with E-state index in [-0.39, 0.29) is 17.7 Å². The quantitative estimate of drug-likeness (QED) is 0.920. The summed E-state index contributed by atoms with van der Waals surface area (Å²) in [7, 11) is 0. The Kier molecular flexibility index (Phi) is 4.06. The van der Waals surface area contributed by atoms with Crippen molar-refractivity contribution >= 4 is 11.9 Å². The van der Waals surface area contributed by atoms with Crippen LogP contribution in [0.3, 0.4) is 0 Å². The van der Waals surface area contributed by atoms with Crippen molar-refractivity contribution in [2.75, 3.05) is 13.1 Å². The van der Waals surface area contributed by atoms with Gasteiger partial charge in [-0.3, -0.25) is 9.59 Å². The second-order valence-corrected chi connectivity index (χ2v) is 7.11. The molecule has 0 radical (unpaired) electrons. The number of benzene rings is 2. The minimum absolute atomic E-state index is 0.0404. The summed E-state index contributed by atoms with van der Waals surface area (Å²) in [6, 6.07) is 16.1. The zero-order valence-corrected chi connectivity index (χ0v) is 15.1. The average molecular weight is 349 g/mol. The molecule has 2 bridgehead atoms. The topological polar surface area (TPSA) is 57.6 Å². The van der Waals surface area contributed by atoms with Crippen LogP contribution in [-0.2, 0) is 9.59 Å². The highest BCUT2D eigenvalue weighted by Crippen LogP contribution is 2.58. The van der Waals surface area contributed by atoms with E-state index in [2.05, 4.69) is 12.1 Å². The zero-order chi connectivity index (χ0) is 18.4. The van der Waals surface area contributed by atoms with Crippen molar-refractivity contribution in [3.8, 4) is 0 Å². The van der Waals surface area contributed by atoms with Crippen molar-refractivity contribution in [1.29, 1.82) is 0 Å². The number of carbonyl (C=O) groups is 2. The number of fused-ring (bicyclic) bond motifs is 1. The first-order valence-corrected chi connectivity index (χ1v) is 9.29. The molecule has 0 spiro atoms. The number of amides is 1. The Balaban J connectivity index is 1.96. The van der Waals surface area contributed by atoms with E-state index in [0.29, 0.717) is 13.1 Å². The zero-order valence-electron chi connectivity index (χ0n) is 15.1. The van der Waals surface area contributed by atoms with E-state index >= 15 is 0 Å². The normalized spacial score (nSPS) is 25.3. The largest absolute Gasteiger partial charge is 0.481 e. The third kappa shape index (κ3) is 2.21. The van der Waals surface area contributed by atoms with Crippen molar-refractivity contribution in [2.45, 2.75) is 25.7 Å². The summed E-state index contributed by atoms with van der Waals surface area (Å²) in [6.45, 7) is 5.08. The van der Waals surface area contributed by atoms with Crippen LogP contribution in [-0.4, -0.2) is 35.0 Å². The maximum atomic E-state index is 13.3. The molecule has 3 aliphatic carbocycles. The number of aliphatic carboxylic acids is 1. The number of hydrogen-bond acceptors (Lipinski definition) is 2. The van der Waals surface area contributed by atoms with Gasteiger partial charge in [0.15, 0.2) is 0 Å². The molecule has 0 saturated heterocycles. The van der Waals surface area contributed by atoms with E-state index in [4.69, 9.17) is 0 Å². The van der Waals surface area contributed by atoms with Crippen LogP contribution in [0.25, 0.3) is 0 Å². The number of carbonyl (C=O) groups excluding carboxylic acids is 1. The summed E-state index contributed by atoms with van der Waals surface area (Å²) in [6.07, 6.45) is 0. The Bertz CT molecular complexity index is 824. The molecule has 0 aliphatic heterocycles. The molecule has 2 aromatic rings. The molecule has 0 aromatic heterocycles. The molecule has 4 nitrogen and oxygen atoms in total. The third-order valence-electron chi connectivity index (χ3n) is 6.08. The fourth-order valence-corrected chi connectivity index (χ4v) is 5.02. The predicted molar refractivity (Wildman–Crippen MR) is 99.1 cm³/mol. The summed E-state index contributed by atoms with van der Waals surface area (Å²) in [5.41, 5.74) is 4.35. The number of nitrogens with zero attached hydrogens (tertiary/aromatic N) is 1. The maximum absolute atomic E-state index is 13.3. The summed E-state index contributed by atoms with van der Waals surface area (Å²) in [5.74, 6) is -2.66. The van der Waals surface area contributed by atoms with E-state index in [0.717, 1.165) is 22.3 Å². The molecule has 2 atom stereocenters. The van der Waals surface area contributed by atoms with Gasteiger partial charge in [0.2, 0.25) is 5.91 Å². The summed E-state index contributed by atoms with van der Waals surface area (Å²) in [4.78, 5) is 27.4. The summed E-state index contributed by atoms with van der Waals surface area (Å²) >= 11 is 0. The molecule has 2 aromatic carbocycles. The van der Waals surface area contributed by atoms with Crippen LogP contribution in [0.15, 0.2) is 48.5 Å². The Morgan fingerprint density at radius 1 is 0.808 bits per heavy atom. The SMILES string of the molecule is CCN(CC)C(=O)[C@@H]1C2c3ccccc3C(c3ccccc32)[C@@H]1C(=O)O. The fraction of sp³-hybridized carbons (Fsp3) is 0.364. The third-order valence-corrected chi connectivity index (χ3v) is 6.08. The minimum Gasteiger partial charge on any atom is -0.481 e. The first-order chi connectivity index (χ1) is 12.6. The lowest BCUT2D eigenvalue weighted by Crippen LogP contribution is -2.51. The Morgan fingerprint density at radius 3 is 1.54 bits per heavy atom. The first kappa shape index (κ1) is 16.8. The molecule has 3 aliphatic rings. The minimum atomic E-state index is -0.880. The van der Waals surface area contributed by atoms with Gasteiger partial charge in [0.1, 0.15) is 0 Å². The highest BCUT2D eigenvalue weighted by molar-refractivity contribution is 5.89. The van der Waals surface area contributed by atoms with Crippen LogP contribution in [0.4, 0.5) is 0 Å². The lowest BCUT2D eigenvalue weighted by molar-refractivity contribution is -0.152. The van der Waals surface area contributed by atoms with Gasteiger partial charge in [0, 0.05) is 24.9 Å². The summed E-state index contributed by atoms with van der Waals surface area (Å²) < 4.78 is 0. The Hall–Kier alpha value is -2.62. The number of hydrogen-bond donors (Lipinski definition) is 1. The summed E-state index contributed by atoms with van der Waals surface area (Å²) in [5, 5.41) is 10.1. The van der Waals surface area contributed by atoms with Gasteiger partial charge in [0.25, 0.3) is 0 Å². The number of rotatable bonds is 4. The molecular formula is C22H23NO3. The van der Waals surface area contributed by atoms with Gasteiger partial charge in [-0.2, -0.15) is 0 Å². The van der Waals surface area contributed by atoms with Crippen molar-refractivity contribution in [3.05, 3.63) is 70.8 Å². The van der Waals surface area contributed by atoms with Gasteiger partial charge in [-0.15, -0.1) is 0 Å². The molecule has 0 fully saturated rings. The Labute approximate surface area is 153 Å². The maximum Gasteiger partial charge on any atom is 0.308 e. The van der Waals surface area contributed by atoms with Crippen LogP contribution in [0, 0.1) is 11.8 Å². The molecular weight excluding hydrogens is 326 g/mol. The monoisotopic (exact) mass is 349 g/mol. The van der Waals surface area contributed by atoms with Crippen LogP contribution < -0.4 is 0 Å². The van der Waals surface area contributed by atoms with Crippen molar-refractivity contribution in [3.63, 3.8) is 0 Å². The highest BCUT2D eigenvalue weighted by Gasteiger charge is 2.55. The number of carboxylic acid groups (broad SMARTS) is 1. The van der Waals surface area contributed by atoms with E-state index in [1.54, 1.807) is 4.90 Å². The first-order valence-electron chi connectivity index (χ1n) is 9.29. The van der Waals surface area contributed by atoms with Gasteiger partial charge >= 0.3 is 5.97 Å². The predicted octanol–water partition coefficient (Wildman–Crippen LogP) is 3.46. The standard InChI is InChI=1S/C22H23NO3/c1-3-23(4-2)21(24)19-17-13-9-5-7-11-15(13)18(20(19)22(25)26)16-12-8-6-10-14(16)17/h5-12,17-20H,3-4H2,1-2H3,(H,25,26)/t17?,18?,19-,20+/m1/s1. The Morgan fingerprint density at radius 2 is 1.19 bits per heavy atom. The molecule has 1 N–H and O–H groups in total. The van der Waals surface area contributed by atoms with E-state index in [1.807, 2.05) is 50.2 Å². The van der Waals surface area contributed by atoms with Gasteiger partial charge in [-0.1, -0.05) is 48.5 Å². The van der Waals surface area contributed by atoms with Crippen LogP contribution in [0.2, 0.25) is 0 Å². The van der Waals surface area contributed by atoms with E-state index in [1.165, 1.54) is 0 Å². The fourth-order valence-electron chi connectivity index (χ4n) is 5.02. The average Bonchev–Trinajstić information content (AvgIpc) is 2.68. The van der Waals surface area contributed by atoms with Gasteiger partial charge in [0.05, 0.1) is 11.8 Å². The molecule has 134 valence electrons. The van der Waals surface area contributed by atoms with Crippen LogP contribution >= 0.6 is 0 Å². The molecule has 0 saturated carbocycles. The lowest BCUT2D eigenvalue weighted by Gasteiger charge is -2.49. The van der Waals surface area contributed by atoms with Gasteiger partial charge in [-0.25, -0.2) is 0 Å². The van der Waals surface area contributed by atoms with Gasteiger partial charge < -0.3 is 10.0 Å². The van der Waals surface area contributed by atoms with Crippen molar-refractivity contribution in [1.82, 2.24) is 4.90 Å². The smallest absolute Gasteiger partial charge is 0.308 e. The molecule has 5 rings (SSSR count).